The van der Waals surface area contributed by atoms with E-state index in [2.05, 4.69) is 0 Å². The van der Waals surface area contributed by atoms with Crippen molar-refractivity contribution in [1.29, 1.82) is 0 Å². The standard InChI is InChI=1S/C14H24O4/c1-6-7-10-17-12(15)8-9-13(16)18-11(2)14(3,4)5/h8-9,11H,6-7,10H2,1-5H3/b9-8+. The highest BCUT2D eigenvalue weighted by atomic mass is 16.5. The molecule has 1 unspecified atom stereocenters. The van der Waals surface area contributed by atoms with Gasteiger partial charge in [0.15, 0.2) is 0 Å². The van der Waals surface area contributed by atoms with Crippen molar-refractivity contribution in [2.45, 2.75) is 53.6 Å². The van der Waals surface area contributed by atoms with Crippen LogP contribution in [0.3, 0.4) is 0 Å². The average Bonchev–Trinajstić information content (AvgIpc) is 2.25. The first-order valence-corrected chi connectivity index (χ1v) is 6.32. The molecule has 0 aliphatic rings. The molecule has 0 amide bonds. The van der Waals surface area contributed by atoms with E-state index in [0.717, 1.165) is 25.0 Å². The smallest absolute Gasteiger partial charge is 0.331 e. The first kappa shape index (κ1) is 16.7. The van der Waals surface area contributed by atoms with Crippen molar-refractivity contribution in [2.75, 3.05) is 6.61 Å². The van der Waals surface area contributed by atoms with Gasteiger partial charge in [-0.05, 0) is 18.8 Å². The van der Waals surface area contributed by atoms with Crippen molar-refractivity contribution < 1.29 is 19.1 Å². The minimum atomic E-state index is -0.523. The van der Waals surface area contributed by atoms with Gasteiger partial charge in [-0.1, -0.05) is 34.1 Å². The van der Waals surface area contributed by atoms with E-state index in [-0.39, 0.29) is 11.5 Å². The molecular formula is C14H24O4. The van der Waals surface area contributed by atoms with Crippen LogP contribution in [-0.4, -0.2) is 24.6 Å². The van der Waals surface area contributed by atoms with Crippen molar-refractivity contribution in [1.82, 2.24) is 0 Å². The zero-order chi connectivity index (χ0) is 14.2. The second-order valence-electron chi connectivity index (χ2n) is 5.30. The molecule has 104 valence electrons. The molecule has 18 heavy (non-hydrogen) atoms. The highest BCUT2D eigenvalue weighted by Gasteiger charge is 2.22. The Hall–Kier alpha value is -1.32. The lowest BCUT2D eigenvalue weighted by atomic mass is 9.90. The zero-order valence-electron chi connectivity index (χ0n) is 12.0. The van der Waals surface area contributed by atoms with Gasteiger partial charge in [-0.15, -0.1) is 0 Å². The fraction of sp³-hybridized carbons (Fsp3) is 0.714. The van der Waals surface area contributed by atoms with Crippen molar-refractivity contribution in [3.63, 3.8) is 0 Å². The van der Waals surface area contributed by atoms with Gasteiger partial charge in [0.05, 0.1) is 6.61 Å². The summed E-state index contributed by atoms with van der Waals surface area (Å²) in [6, 6.07) is 0. The summed E-state index contributed by atoms with van der Waals surface area (Å²) in [5, 5.41) is 0. The van der Waals surface area contributed by atoms with Gasteiger partial charge in [-0.2, -0.15) is 0 Å². The molecule has 0 saturated carbocycles. The molecule has 0 bridgehead atoms. The van der Waals surface area contributed by atoms with E-state index < -0.39 is 11.9 Å². The molecule has 0 aliphatic heterocycles. The summed E-state index contributed by atoms with van der Waals surface area (Å²) in [5.41, 5.74) is -0.120. The van der Waals surface area contributed by atoms with E-state index in [1.807, 2.05) is 34.6 Å². The Balaban J connectivity index is 4.04. The first-order chi connectivity index (χ1) is 8.27. The van der Waals surface area contributed by atoms with E-state index in [1.54, 1.807) is 0 Å². The van der Waals surface area contributed by atoms with Crippen LogP contribution in [0, 0.1) is 5.41 Å². The zero-order valence-corrected chi connectivity index (χ0v) is 12.0. The van der Waals surface area contributed by atoms with Gasteiger partial charge >= 0.3 is 11.9 Å². The van der Waals surface area contributed by atoms with Crippen LogP contribution in [0.15, 0.2) is 12.2 Å². The monoisotopic (exact) mass is 256 g/mol. The van der Waals surface area contributed by atoms with Gasteiger partial charge < -0.3 is 9.47 Å². The number of esters is 2. The van der Waals surface area contributed by atoms with E-state index in [1.165, 1.54) is 0 Å². The second-order valence-corrected chi connectivity index (χ2v) is 5.30. The molecule has 0 saturated heterocycles. The predicted octanol–water partition coefficient (Wildman–Crippen LogP) is 2.86. The van der Waals surface area contributed by atoms with Gasteiger partial charge in [0.2, 0.25) is 0 Å². The fourth-order valence-electron chi connectivity index (χ4n) is 0.892. The van der Waals surface area contributed by atoms with Gasteiger partial charge in [-0.3, -0.25) is 0 Å². The maximum absolute atomic E-state index is 11.4. The summed E-state index contributed by atoms with van der Waals surface area (Å²) in [7, 11) is 0. The largest absolute Gasteiger partial charge is 0.463 e. The van der Waals surface area contributed by atoms with Crippen LogP contribution in [-0.2, 0) is 19.1 Å². The average molecular weight is 256 g/mol. The summed E-state index contributed by atoms with van der Waals surface area (Å²) in [6.07, 6.45) is 3.78. The van der Waals surface area contributed by atoms with Gasteiger partial charge in [0.25, 0.3) is 0 Å². The molecule has 0 radical (unpaired) electrons. The number of ether oxygens (including phenoxy) is 2. The van der Waals surface area contributed by atoms with Crippen LogP contribution in [0.4, 0.5) is 0 Å². The predicted molar refractivity (Wildman–Crippen MR) is 70.0 cm³/mol. The number of carbonyl (C=O) groups excluding carboxylic acids is 2. The minimum Gasteiger partial charge on any atom is -0.463 e. The van der Waals surface area contributed by atoms with Gasteiger partial charge in [0.1, 0.15) is 6.10 Å². The molecule has 0 aromatic rings. The lowest BCUT2D eigenvalue weighted by Gasteiger charge is -2.26. The highest BCUT2D eigenvalue weighted by Crippen LogP contribution is 2.21. The molecule has 4 nitrogen and oxygen atoms in total. The topological polar surface area (TPSA) is 52.6 Å². The Morgan fingerprint density at radius 1 is 1.17 bits per heavy atom. The summed E-state index contributed by atoms with van der Waals surface area (Å²) < 4.78 is 10.0. The van der Waals surface area contributed by atoms with E-state index in [0.29, 0.717) is 6.61 Å². The molecule has 0 fully saturated rings. The molecule has 0 heterocycles. The Morgan fingerprint density at radius 3 is 2.22 bits per heavy atom. The van der Waals surface area contributed by atoms with Gasteiger partial charge in [0, 0.05) is 12.2 Å². The number of hydrogen-bond donors (Lipinski definition) is 0. The maximum Gasteiger partial charge on any atom is 0.331 e. The number of unbranched alkanes of at least 4 members (excludes halogenated alkanes) is 1. The van der Waals surface area contributed by atoms with Crippen molar-refractivity contribution in [2.24, 2.45) is 5.41 Å². The van der Waals surface area contributed by atoms with Crippen molar-refractivity contribution in [3.05, 3.63) is 12.2 Å². The summed E-state index contributed by atoms with van der Waals surface area (Å²) in [4.78, 5) is 22.6. The van der Waals surface area contributed by atoms with Crippen LogP contribution < -0.4 is 0 Å². The fourth-order valence-corrected chi connectivity index (χ4v) is 0.892. The lowest BCUT2D eigenvalue weighted by Crippen LogP contribution is -2.28. The van der Waals surface area contributed by atoms with Crippen LogP contribution in [0.1, 0.15) is 47.5 Å². The van der Waals surface area contributed by atoms with Gasteiger partial charge in [-0.25, -0.2) is 9.59 Å². The third-order valence-corrected chi connectivity index (χ3v) is 2.61. The normalized spacial score (nSPS) is 13.4. The number of hydrogen-bond acceptors (Lipinski definition) is 4. The second kappa shape index (κ2) is 7.90. The lowest BCUT2D eigenvalue weighted by molar-refractivity contribution is -0.147. The molecule has 1 atom stereocenters. The highest BCUT2D eigenvalue weighted by molar-refractivity contribution is 5.91. The minimum absolute atomic E-state index is 0.120. The van der Waals surface area contributed by atoms with Crippen molar-refractivity contribution >= 4 is 11.9 Å². The quantitative estimate of drug-likeness (QED) is 0.416. The summed E-state index contributed by atoms with van der Waals surface area (Å²) in [6.45, 7) is 10.2. The van der Waals surface area contributed by atoms with E-state index in [4.69, 9.17) is 9.47 Å². The molecule has 4 heteroatoms. The Labute approximate surface area is 109 Å². The SMILES string of the molecule is CCCCOC(=O)/C=C/C(=O)OC(C)C(C)(C)C. The van der Waals surface area contributed by atoms with Crippen LogP contribution in [0.25, 0.3) is 0 Å². The van der Waals surface area contributed by atoms with E-state index in [9.17, 15) is 9.59 Å². The van der Waals surface area contributed by atoms with Crippen LogP contribution >= 0.6 is 0 Å². The molecule has 0 N–H and O–H groups in total. The van der Waals surface area contributed by atoms with Crippen LogP contribution in [0.5, 0.6) is 0 Å². The first-order valence-electron chi connectivity index (χ1n) is 6.32. The van der Waals surface area contributed by atoms with E-state index >= 15 is 0 Å². The molecule has 0 rings (SSSR count). The maximum atomic E-state index is 11.4. The molecular weight excluding hydrogens is 232 g/mol. The third-order valence-electron chi connectivity index (χ3n) is 2.61. The third kappa shape index (κ3) is 7.87. The summed E-state index contributed by atoms with van der Waals surface area (Å²) in [5.74, 6) is -1.03. The molecule has 0 aromatic carbocycles. The Bertz CT molecular complexity index is 299. The van der Waals surface area contributed by atoms with Crippen LogP contribution in [0.2, 0.25) is 0 Å². The Kier molecular flexibility index (Phi) is 7.32. The molecule has 0 spiro atoms. The van der Waals surface area contributed by atoms with Crippen molar-refractivity contribution in [3.8, 4) is 0 Å². The molecule has 0 aliphatic carbocycles. The Morgan fingerprint density at radius 2 is 1.72 bits per heavy atom. The number of rotatable bonds is 6. The summed E-state index contributed by atoms with van der Waals surface area (Å²) >= 11 is 0. The number of carbonyl (C=O) groups is 2. The molecule has 0 aromatic heterocycles.